The zero-order valence-electron chi connectivity index (χ0n) is 44.8. The number of hydrogen-bond donors (Lipinski definition) is 7. The Morgan fingerprint density at radius 3 is 1.46 bits per heavy atom. The molecule has 6 aromatic carbocycles. The average Bonchev–Trinajstić information content (AvgIpc) is 4.22. The lowest BCUT2D eigenvalue weighted by molar-refractivity contribution is -0.157. The summed E-state index contributed by atoms with van der Waals surface area (Å²) < 4.78 is 9.39. The Hall–Kier alpha value is -8.67. The third kappa shape index (κ3) is 19.5. The highest BCUT2D eigenvalue weighted by Crippen LogP contribution is 2.26. The van der Waals surface area contributed by atoms with Gasteiger partial charge in [-0.15, -0.1) is 10.2 Å². The molecule has 2 amide bonds. The van der Waals surface area contributed by atoms with Gasteiger partial charge in [-0.25, -0.2) is 9.59 Å². The van der Waals surface area contributed by atoms with Gasteiger partial charge in [0.1, 0.15) is 22.1 Å². The predicted octanol–water partition coefficient (Wildman–Crippen LogP) is 8.35. The molecule has 8 rings (SSSR count). The number of amides is 2. The molecule has 0 saturated carbocycles. The fraction of sp³-hybridized carbons (Fsp3) is 0.276. The maximum Gasteiger partial charge on any atom is 0.332 e. The van der Waals surface area contributed by atoms with Gasteiger partial charge in [0.15, 0.2) is 18.3 Å². The van der Waals surface area contributed by atoms with Gasteiger partial charge in [-0.2, -0.15) is 0 Å². The molecule has 8 aromatic rings. The van der Waals surface area contributed by atoms with Crippen LogP contribution in [-0.2, 0) is 41.5 Å². The summed E-state index contributed by atoms with van der Waals surface area (Å²) in [5.41, 5.74) is 7.44. The number of ether oxygens (including phenoxy) is 2. The molecule has 0 bridgehead atoms. The average molecular weight is 1200 g/mol. The van der Waals surface area contributed by atoms with Crippen LogP contribution in [0.3, 0.4) is 0 Å². The van der Waals surface area contributed by atoms with E-state index in [1.807, 2.05) is 98.8 Å². The van der Waals surface area contributed by atoms with Crippen molar-refractivity contribution in [1.29, 1.82) is 0 Å². The summed E-state index contributed by atoms with van der Waals surface area (Å²) in [6, 6.07) is 37.8. The van der Waals surface area contributed by atoms with Crippen molar-refractivity contribution in [3.8, 4) is 22.3 Å². The number of nitrogens with zero attached hydrogens (tertiary/aromatic N) is 6. The van der Waals surface area contributed by atoms with Crippen LogP contribution in [0, 0.1) is 0 Å². The second-order valence-corrected chi connectivity index (χ2v) is 19.7. The van der Waals surface area contributed by atoms with E-state index in [0.717, 1.165) is 44.6 Å². The number of aliphatic hydroxyl groups excluding tert-OH is 2. The van der Waals surface area contributed by atoms with Gasteiger partial charge in [0, 0.05) is 58.9 Å². The summed E-state index contributed by atoms with van der Waals surface area (Å²) in [5.74, 6) is -4.36. The number of aliphatic carboxylic acids is 2. The summed E-state index contributed by atoms with van der Waals surface area (Å²) in [6.45, 7) is 3.39. The minimum atomic E-state index is -1.66. The van der Waals surface area contributed by atoms with Gasteiger partial charge in [-0.3, -0.25) is 19.2 Å². The standard InChI is InChI=1S/C29H29ClN4O7.C24H21ClN4O5.C5H9ClO2/c1-2-4-27(36)40-17-41-34-25-15-21(11-12-24(25)32-33-34)28(37)31-23(16-26(35)29(38)39)13-18-7-9-19(10-8-18)20-5-3-6-22(30)14-20;25-18-3-1-2-16(11-18)15-6-4-14(5-7-15)10-19(13-22(30)24(32)33)26-23(31)17-8-9-20-21(12-17)29(34)28-27-20;1-2-3-5(7)8-4-6/h3,5-12,14-15,23,26,35H,2,4,13,16-17H2,1H3,(H,31,37)(H,38,39);1-9,11-12,19,22,30,34H,10,13H2,(H,26,31)(H,32,33);2-4H2,1H3/t23-,26-;19-,22-;/m11./s1. The number of rotatable bonds is 24. The molecule has 0 aliphatic heterocycles. The molecule has 436 valence electrons. The topological polar surface area (TPSA) is 317 Å². The van der Waals surface area contributed by atoms with Crippen molar-refractivity contribution >= 4 is 92.6 Å². The Morgan fingerprint density at radius 2 is 1.01 bits per heavy atom. The van der Waals surface area contributed by atoms with Crippen molar-refractivity contribution < 1.29 is 68.7 Å². The van der Waals surface area contributed by atoms with E-state index in [4.69, 9.17) is 49.5 Å². The highest BCUT2D eigenvalue weighted by atomic mass is 35.5. The number of esters is 2. The molecule has 2 aromatic heterocycles. The number of fused-ring (bicyclic) bond motifs is 2. The second-order valence-electron chi connectivity index (χ2n) is 18.6. The highest BCUT2D eigenvalue weighted by molar-refractivity contribution is 6.31. The van der Waals surface area contributed by atoms with Gasteiger partial charge in [-0.05, 0) is 130 Å². The molecule has 0 fully saturated rings. The third-order valence-electron chi connectivity index (χ3n) is 12.3. The number of carbonyl (C=O) groups is 6. The number of halogens is 3. The van der Waals surface area contributed by atoms with Gasteiger partial charge >= 0.3 is 23.9 Å². The number of nitrogens with one attached hydrogen (secondary N) is 2. The maximum absolute atomic E-state index is 13.2. The Bertz CT molecular complexity index is 3480. The Kier molecular flexibility index (Phi) is 24.1. The molecule has 0 spiro atoms. The molecule has 4 atom stereocenters. The van der Waals surface area contributed by atoms with Crippen LogP contribution in [0.2, 0.25) is 10.0 Å². The molecule has 0 aliphatic carbocycles. The molecule has 25 heteroatoms. The van der Waals surface area contributed by atoms with E-state index in [1.54, 1.807) is 30.3 Å². The van der Waals surface area contributed by atoms with Gasteiger partial charge in [0.2, 0.25) is 0 Å². The monoisotopic (exact) mass is 1200 g/mol. The number of carboxylic acids is 2. The molecule has 7 N–H and O–H groups in total. The SMILES string of the molecule is CCCC(=O)OCCl.CCCC(=O)OCOn1nnc2ccc(C(=O)N[C@H](Cc3ccc(-c4cccc(Cl)c4)cc3)C[C@@H](O)C(=O)O)cc21.O=C(N[C@H](Cc1ccc(-c2cccc(Cl)c2)cc1)C[C@@H](O)C(=O)O)c1ccc2nnn(O)c2c1. The summed E-state index contributed by atoms with van der Waals surface area (Å²) in [6.07, 6.45) is -0.928. The van der Waals surface area contributed by atoms with Gasteiger partial charge in [-0.1, -0.05) is 131 Å². The molecule has 83 heavy (non-hydrogen) atoms. The molecule has 2 heterocycles. The Balaban J connectivity index is 0.000000238. The first kappa shape index (κ1) is 63.5. The first-order valence-electron chi connectivity index (χ1n) is 25.9. The summed E-state index contributed by atoms with van der Waals surface area (Å²) in [5, 5.41) is 70.0. The van der Waals surface area contributed by atoms with Crippen molar-refractivity contribution in [1.82, 2.24) is 40.9 Å². The fourth-order valence-electron chi connectivity index (χ4n) is 8.17. The number of benzene rings is 6. The Labute approximate surface area is 490 Å². The van der Waals surface area contributed by atoms with Gasteiger partial charge < -0.3 is 50.6 Å². The minimum Gasteiger partial charge on any atom is -0.479 e. The maximum atomic E-state index is 13.2. The van der Waals surface area contributed by atoms with E-state index in [-0.39, 0.29) is 61.2 Å². The molecule has 22 nitrogen and oxygen atoms in total. The summed E-state index contributed by atoms with van der Waals surface area (Å²) in [4.78, 5) is 77.5. The second kappa shape index (κ2) is 31.5. The number of hydrogen-bond acceptors (Lipinski definition) is 16. The lowest BCUT2D eigenvalue weighted by atomic mass is 9.97. The predicted molar refractivity (Wildman–Crippen MR) is 307 cm³/mol. The molecule has 0 saturated heterocycles. The van der Waals surface area contributed by atoms with Gasteiger partial charge in [0.05, 0.1) is 0 Å². The smallest absolute Gasteiger partial charge is 0.332 e. The fourth-order valence-corrected chi connectivity index (χ4v) is 8.68. The zero-order chi connectivity index (χ0) is 60.0. The molecule has 0 aliphatic rings. The Morgan fingerprint density at radius 1 is 0.566 bits per heavy atom. The first-order valence-corrected chi connectivity index (χ1v) is 27.2. The molecular formula is C58H59Cl3N8O14. The number of carbonyl (C=O) groups excluding carboxylic acids is 4. The van der Waals surface area contributed by atoms with E-state index in [1.165, 1.54) is 18.2 Å². The van der Waals surface area contributed by atoms with E-state index >= 15 is 0 Å². The molecule has 0 radical (unpaired) electrons. The van der Waals surface area contributed by atoms with Crippen molar-refractivity contribution in [3.05, 3.63) is 166 Å². The molecule has 0 unspecified atom stereocenters. The lowest BCUT2D eigenvalue weighted by Crippen LogP contribution is -2.40. The van der Waals surface area contributed by atoms with Crippen LogP contribution >= 0.6 is 34.8 Å². The van der Waals surface area contributed by atoms with Crippen LogP contribution in [0.4, 0.5) is 0 Å². The van der Waals surface area contributed by atoms with Crippen LogP contribution in [0.15, 0.2) is 133 Å². The molecular weight excluding hydrogens is 1140 g/mol. The summed E-state index contributed by atoms with van der Waals surface area (Å²) >= 11 is 17.3. The van der Waals surface area contributed by atoms with E-state index in [0.29, 0.717) is 50.7 Å². The van der Waals surface area contributed by atoms with Crippen LogP contribution < -0.4 is 15.5 Å². The lowest BCUT2D eigenvalue weighted by Gasteiger charge is -2.21. The normalized spacial score (nSPS) is 12.3. The highest BCUT2D eigenvalue weighted by Gasteiger charge is 2.25. The van der Waals surface area contributed by atoms with Crippen LogP contribution in [0.5, 0.6) is 0 Å². The van der Waals surface area contributed by atoms with Gasteiger partial charge in [0.25, 0.3) is 18.6 Å². The van der Waals surface area contributed by atoms with Crippen molar-refractivity contribution in [2.75, 3.05) is 12.9 Å². The van der Waals surface area contributed by atoms with E-state index < -0.39 is 54.0 Å². The third-order valence-corrected chi connectivity index (χ3v) is 12.9. The number of carboxylic acid groups (broad SMARTS) is 2. The number of aromatic nitrogens is 6. The number of alkyl halides is 1. The van der Waals surface area contributed by atoms with Crippen molar-refractivity contribution in [3.63, 3.8) is 0 Å². The minimum absolute atomic E-state index is 0.0289. The van der Waals surface area contributed by atoms with E-state index in [9.17, 15) is 49.3 Å². The van der Waals surface area contributed by atoms with Crippen LogP contribution in [0.1, 0.15) is 84.2 Å². The van der Waals surface area contributed by atoms with Crippen molar-refractivity contribution in [2.24, 2.45) is 0 Å². The summed E-state index contributed by atoms with van der Waals surface area (Å²) in [7, 11) is 0. The van der Waals surface area contributed by atoms with Crippen LogP contribution in [-0.4, -0.2) is 129 Å². The van der Waals surface area contributed by atoms with E-state index in [2.05, 4.69) is 36.0 Å². The van der Waals surface area contributed by atoms with Crippen molar-refractivity contribution in [2.45, 2.75) is 89.5 Å². The largest absolute Gasteiger partial charge is 0.479 e. The quantitative estimate of drug-likeness (QED) is 0.0129. The number of aliphatic hydroxyl groups is 2. The zero-order valence-corrected chi connectivity index (χ0v) is 47.1. The first-order chi connectivity index (χ1) is 39.8. The van der Waals surface area contributed by atoms with Crippen LogP contribution in [0.25, 0.3) is 44.3 Å².